The molecule has 0 aromatic carbocycles. The summed E-state index contributed by atoms with van der Waals surface area (Å²) in [6, 6.07) is 6.79. The highest BCUT2D eigenvalue weighted by Crippen LogP contribution is 2.16. The van der Waals surface area contributed by atoms with Crippen LogP contribution < -0.4 is 11.2 Å². The zero-order valence-corrected chi connectivity index (χ0v) is 8.78. The molecule has 1 unspecified atom stereocenters. The Morgan fingerprint density at radius 1 is 1.40 bits per heavy atom. The van der Waals surface area contributed by atoms with Crippen LogP contribution in [0.3, 0.4) is 0 Å². The predicted octanol–water partition coefficient (Wildman–Crippen LogP) is 1.32. The topological polar surface area (TPSA) is 60.1 Å². The molecule has 2 rings (SSSR count). The minimum Gasteiger partial charge on any atom is -0.315 e. The Labute approximate surface area is 91.3 Å². The average molecular weight is 221 g/mol. The molecule has 0 spiro atoms. The molecule has 0 aliphatic rings. The van der Waals surface area contributed by atoms with E-state index in [1.165, 1.54) is 11.3 Å². The van der Waals surface area contributed by atoms with Crippen molar-refractivity contribution in [3.63, 3.8) is 0 Å². The molecule has 78 valence electrons. The van der Waals surface area contributed by atoms with E-state index in [0.29, 0.717) is 0 Å². The summed E-state index contributed by atoms with van der Waals surface area (Å²) in [5.41, 5.74) is 8.45. The van der Waals surface area contributed by atoms with Crippen LogP contribution in [0.5, 0.6) is 0 Å². The number of rotatable bonds is 3. The third-order valence-corrected chi connectivity index (χ3v) is 2.93. The van der Waals surface area contributed by atoms with E-state index < -0.39 is 6.04 Å². The highest BCUT2D eigenvalue weighted by atomic mass is 32.1. The first-order valence-electron chi connectivity index (χ1n) is 4.50. The fourth-order valence-electron chi connectivity index (χ4n) is 1.20. The summed E-state index contributed by atoms with van der Waals surface area (Å²) >= 11 is 1.48. The Balaban J connectivity index is 2.03. The van der Waals surface area contributed by atoms with Crippen LogP contribution in [0.15, 0.2) is 42.0 Å². The van der Waals surface area contributed by atoms with Gasteiger partial charge >= 0.3 is 0 Å². The van der Waals surface area contributed by atoms with Gasteiger partial charge in [0.1, 0.15) is 6.04 Å². The number of aromatic nitrogens is 1. The number of hydrogen-bond donors (Lipinski definition) is 2. The third-order valence-electron chi connectivity index (χ3n) is 1.98. The Bertz CT molecular complexity index is 421. The number of nitrogens with one attached hydrogen (secondary N) is 1. The van der Waals surface area contributed by atoms with E-state index in [1.807, 2.05) is 29.6 Å². The van der Waals surface area contributed by atoms with Gasteiger partial charge in [-0.25, -0.2) is 0 Å². The molecule has 0 fully saturated rings. The van der Waals surface area contributed by atoms with Crippen LogP contribution in [0.25, 0.3) is 0 Å². The minimum absolute atomic E-state index is 0.214. The molecule has 15 heavy (non-hydrogen) atoms. The Hall–Kier alpha value is -1.59. The van der Waals surface area contributed by atoms with Crippen molar-refractivity contribution in [3.05, 3.63) is 46.9 Å². The van der Waals surface area contributed by atoms with Crippen molar-refractivity contribution in [2.24, 2.45) is 5.73 Å². The van der Waals surface area contributed by atoms with Crippen molar-refractivity contribution in [1.29, 1.82) is 0 Å². The highest BCUT2D eigenvalue weighted by molar-refractivity contribution is 7.10. The second-order valence-corrected chi connectivity index (χ2v) is 4.04. The maximum Gasteiger partial charge on any atom is 0.261 e. The lowest BCUT2D eigenvalue weighted by Gasteiger charge is -2.10. The number of hydrogen-bond acceptors (Lipinski definition) is 3. The van der Waals surface area contributed by atoms with Crippen LogP contribution >= 0.6 is 11.3 Å². The summed E-state index contributed by atoms with van der Waals surface area (Å²) in [6.45, 7) is 0. The lowest BCUT2D eigenvalue weighted by Crippen LogP contribution is -2.31. The average Bonchev–Trinajstić information content (AvgIpc) is 2.88. The molecule has 0 saturated heterocycles. The SMILES string of the molecule is NC(C(=O)Nn1cccc1)c1cccs1. The molecule has 0 radical (unpaired) electrons. The van der Waals surface area contributed by atoms with Crippen molar-refractivity contribution in [1.82, 2.24) is 4.68 Å². The van der Waals surface area contributed by atoms with E-state index in [9.17, 15) is 4.79 Å². The molecule has 0 aliphatic carbocycles. The molecular formula is C10H11N3OS. The molecule has 2 aromatic rings. The normalized spacial score (nSPS) is 12.3. The minimum atomic E-state index is -0.604. The van der Waals surface area contributed by atoms with Gasteiger partial charge in [0.05, 0.1) is 0 Å². The van der Waals surface area contributed by atoms with Crippen LogP contribution in [-0.2, 0) is 4.79 Å². The van der Waals surface area contributed by atoms with E-state index in [-0.39, 0.29) is 5.91 Å². The number of carbonyl (C=O) groups excluding carboxylic acids is 1. The van der Waals surface area contributed by atoms with E-state index in [0.717, 1.165) is 4.88 Å². The number of amides is 1. The highest BCUT2D eigenvalue weighted by Gasteiger charge is 2.16. The molecule has 3 N–H and O–H groups in total. The summed E-state index contributed by atoms with van der Waals surface area (Å²) < 4.78 is 1.58. The first kappa shape index (κ1) is 9.95. The maximum absolute atomic E-state index is 11.7. The van der Waals surface area contributed by atoms with Gasteiger partial charge < -0.3 is 5.73 Å². The van der Waals surface area contributed by atoms with Gasteiger partial charge in [-0.15, -0.1) is 11.3 Å². The standard InChI is InChI=1S/C10H11N3OS/c11-9(8-4-3-7-15-8)10(14)12-13-5-1-2-6-13/h1-7,9H,11H2,(H,12,14). The van der Waals surface area contributed by atoms with Gasteiger partial charge in [-0.1, -0.05) is 6.07 Å². The van der Waals surface area contributed by atoms with Gasteiger partial charge in [-0.05, 0) is 23.6 Å². The summed E-state index contributed by atoms with van der Waals surface area (Å²) in [7, 11) is 0. The fourth-order valence-corrected chi connectivity index (χ4v) is 1.93. The van der Waals surface area contributed by atoms with E-state index in [4.69, 9.17) is 5.73 Å². The summed E-state index contributed by atoms with van der Waals surface area (Å²) in [5, 5.41) is 1.90. The van der Waals surface area contributed by atoms with E-state index >= 15 is 0 Å². The number of nitrogens with two attached hydrogens (primary N) is 1. The zero-order valence-electron chi connectivity index (χ0n) is 7.96. The van der Waals surface area contributed by atoms with Gasteiger partial charge in [0, 0.05) is 17.3 Å². The Morgan fingerprint density at radius 2 is 2.13 bits per heavy atom. The van der Waals surface area contributed by atoms with E-state index in [1.54, 1.807) is 17.1 Å². The van der Waals surface area contributed by atoms with Crippen LogP contribution in [0.1, 0.15) is 10.9 Å². The summed E-state index contributed by atoms with van der Waals surface area (Å²) in [6.07, 6.45) is 3.50. The summed E-state index contributed by atoms with van der Waals surface area (Å²) in [4.78, 5) is 12.5. The van der Waals surface area contributed by atoms with Crippen LogP contribution in [0.2, 0.25) is 0 Å². The summed E-state index contributed by atoms with van der Waals surface area (Å²) in [5.74, 6) is -0.214. The quantitative estimate of drug-likeness (QED) is 0.821. The van der Waals surface area contributed by atoms with Gasteiger partial charge in [0.25, 0.3) is 5.91 Å². The first-order valence-corrected chi connectivity index (χ1v) is 5.38. The maximum atomic E-state index is 11.7. The molecule has 1 atom stereocenters. The molecule has 1 amide bonds. The van der Waals surface area contributed by atoms with Crippen molar-refractivity contribution in [2.45, 2.75) is 6.04 Å². The van der Waals surface area contributed by atoms with Crippen molar-refractivity contribution < 1.29 is 4.79 Å². The monoisotopic (exact) mass is 221 g/mol. The molecule has 0 aliphatic heterocycles. The van der Waals surface area contributed by atoms with Crippen LogP contribution in [0.4, 0.5) is 0 Å². The molecule has 2 aromatic heterocycles. The molecule has 4 nitrogen and oxygen atoms in total. The lowest BCUT2D eigenvalue weighted by molar-refractivity contribution is -0.118. The van der Waals surface area contributed by atoms with Gasteiger partial charge in [0.15, 0.2) is 0 Å². The van der Waals surface area contributed by atoms with Gasteiger partial charge in [0.2, 0.25) is 0 Å². The number of nitrogens with zero attached hydrogens (tertiary/aromatic N) is 1. The second kappa shape index (κ2) is 4.29. The largest absolute Gasteiger partial charge is 0.315 e. The molecule has 2 heterocycles. The van der Waals surface area contributed by atoms with Crippen molar-refractivity contribution in [3.8, 4) is 0 Å². The molecular weight excluding hydrogens is 210 g/mol. The lowest BCUT2D eigenvalue weighted by atomic mass is 10.2. The zero-order chi connectivity index (χ0) is 10.7. The molecule has 0 saturated carbocycles. The number of thiophene rings is 1. The molecule has 0 bridgehead atoms. The third kappa shape index (κ3) is 2.26. The Morgan fingerprint density at radius 3 is 2.73 bits per heavy atom. The first-order chi connectivity index (χ1) is 7.27. The smallest absolute Gasteiger partial charge is 0.261 e. The molecule has 5 heteroatoms. The van der Waals surface area contributed by atoms with Gasteiger partial charge in [-0.2, -0.15) is 0 Å². The predicted molar refractivity (Wildman–Crippen MR) is 60.0 cm³/mol. The van der Waals surface area contributed by atoms with Gasteiger partial charge in [-0.3, -0.25) is 14.9 Å². The van der Waals surface area contributed by atoms with Crippen LogP contribution in [-0.4, -0.2) is 10.6 Å². The van der Waals surface area contributed by atoms with Crippen LogP contribution in [0, 0.1) is 0 Å². The van der Waals surface area contributed by atoms with Crippen molar-refractivity contribution >= 4 is 17.2 Å². The van der Waals surface area contributed by atoms with Crippen molar-refractivity contribution in [2.75, 3.05) is 5.43 Å². The van der Waals surface area contributed by atoms with E-state index in [2.05, 4.69) is 5.43 Å². The fraction of sp³-hybridized carbons (Fsp3) is 0.100. The number of carbonyl (C=O) groups is 1. The Kier molecular flexibility index (Phi) is 2.84. The second-order valence-electron chi connectivity index (χ2n) is 3.06.